The van der Waals surface area contributed by atoms with Crippen LogP contribution >= 0.6 is 0 Å². The fourth-order valence-electron chi connectivity index (χ4n) is 1.51. The van der Waals surface area contributed by atoms with Gasteiger partial charge in [0.25, 0.3) is 5.91 Å². The average molecular weight is 234 g/mol. The molecule has 0 saturated heterocycles. The Morgan fingerprint density at radius 1 is 1.59 bits per heavy atom. The molecule has 2 heterocycles. The molecule has 0 aliphatic heterocycles. The minimum absolute atomic E-state index is 0.184. The molecule has 0 radical (unpaired) electrons. The van der Waals surface area contributed by atoms with Gasteiger partial charge >= 0.3 is 0 Å². The highest BCUT2D eigenvalue weighted by molar-refractivity contribution is 5.93. The van der Waals surface area contributed by atoms with E-state index < -0.39 is 0 Å². The third kappa shape index (κ3) is 2.63. The van der Waals surface area contributed by atoms with Gasteiger partial charge in [-0.15, -0.1) is 0 Å². The number of rotatable bonds is 4. The summed E-state index contributed by atoms with van der Waals surface area (Å²) in [4.78, 5) is 15.7. The van der Waals surface area contributed by atoms with Crippen LogP contribution in [0.1, 0.15) is 10.5 Å². The van der Waals surface area contributed by atoms with E-state index in [2.05, 4.69) is 15.4 Å². The molecule has 17 heavy (non-hydrogen) atoms. The molecule has 7 heteroatoms. The third-order valence-electron chi connectivity index (χ3n) is 2.35. The first-order valence-electron chi connectivity index (χ1n) is 5.20. The van der Waals surface area contributed by atoms with Gasteiger partial charge < -0.3 is 15.6 Å². The predicted molar refractivity (Wildman–Crippen MR) is 62.2 cm³/mol. The van der Waals surface area contributed by atoms with Crippen molar-refractivity contribution in [2.24, 2.45) is 7.05 Å². The summed E-state index contributed by atoms with van der Waals surface area (Å²) in [5.41, 5.74) is 5.95. The zero-order valence-electron chi connectivity index (χ0n) is 9.50. The Bertz CT molecular complexity index is 501. The fourth-order valence-corrected chi connectivity index (χ4v) is 1.51. The summed E-state index contributed by atoms with van der Waals surface area (Å²) < 4.78 is 3.35. The molecule has 2 rings (SSSR count). The smallest absolute Gasteiger partial charge is 0.269 e. The molecule has 0 aliphatic rings. The van der Waals surface area contributed by atoms with Crippen molar-refractivity contribution >= 4 is 11.7 Å². The molecule has 2 aromatic heterocycles. The Morgan fingerprint density at radius 2 is 2.41 bits per heavy atom. The molecular weight excluding hydrogens is 220 g/mol. The lowest BCUT2D eigenvalue weighted by molar-refractivity contribution is 0.0943. The number of anilines is 1. The first kappa shape index (κ1) is 11.2. The van der Waals surface area contributed by atoms with E-state index in [0.717, 1.165) is 0 Å². The Labute approximate surface area is 98.2 Å². The second-order valence-electron chi connectivity index (χ2n) is 3.63. The minimum Gasteiger partial charge on any atom is -0.382 e. The van der Waals surface area contributed by atoms with Crippen LogP contribution in [-0.4, -0.2) is 31.8 Å². The van der Waals surface area contributed by atoms with Crippen LogP contribution in [0.25, 0.3) is 0 Å². The summed E-state index contributed by atoms with van der Waals surface area (Å²) in [5, 5.41) is 6.70. The fraction of sp³-hybridized carbons (Fsp3) is 0.300. The first-order chi connectivity index (χ1) is 8.16. The van der Waals surface area contributed by atoms with E-state index in [9.17, 15) is 4.79 Å². The van der Waals surface area contributed by atoms with Crippen LogP contribution in [0.15, 0.2) is 24.8 Å². The highest BCUT2D eigenvalue weighted by Gasteiger charge is 2.10. The van der Waals surface area contributed by atoms with Crippen molar-refractivity contribution in [2.75, 3.05) is 12.3 Å². The van der Waals surface area contributed by atoms with Crippen molar-refractivity contribution in [3.05, 3.63) is 30.5 Å². The highest BCUT2D eigenvalue weighted by Crippen LogP contribution is 2.03. The number of carbonyl (C=O) groups is 1. The van der Waals surface area contributed by atoms with Gasteiger partial charge in [-0.25, -0.2) is 4.98 Å². The predicted octanol–water partition coefficient (Wildman–Crippen LogP) is -0.371. The van der Waals surface area contributed by atoms with Crippen molar-refractivity contribution in [1.82, 2.24) is 24.6 Å². The van der Waals surface area contributed by atoms with E-state index in [0.29, 0.717) is 24.6 Å². The molecule has 0 bridgehead atoms. The maximum atomic E-state index is 11.8. The molecule has 0 saturated carbocycles. The van der Waals surface area contributed by atoms with Gasteiger partial charge in [-0.1, -0.05) is 0 Å². The number of nitrogens with zero attached hydrogens (tertiary/aromatic N) is 4. The minimum atomic E-state index is -0.184. The molecule has 0 aromatic carbocycles. The SMILES string of the molecule is Cn1nc(N)cc1C(=O)NCCn1ccnc1. The van der Waals surface area contributed by atoms with Gasteiger partial charge in [-0.2, -0.15) is 5.10 Å². The number of aryl methyl sites for hydroxylation is 1. The van der Waals surface area contributed by atoms with Crippen LogP contribution in [0.4, 0.5) is 5.82 Å². The summed E-state index contributed by atoms with van der Waals surface area (Å²) >= 11 is 0. The Morgan fingerprint density at radius 3 is 3.00 bits per heavy atom. The molecule has 2 aromatic rings. The lowest BCUT2D eigenvalue weighted by Gasteiger charge is -2.05. The number of imidazole rings is 1. The number of nitrogens with one attached hydrogen (secondary N) is 1. The standard InChI is InChI=1S/C10H14N6O/c1-15-8(6-9(11)14-15)10(17)13-3-5-16-4-2-12-7-16/h2,4,6-7H,3,5H2,1H3,(H2,11,14)(H,13,17). The maximum Gasteiger partial charge on any atom is 0.269 e. The topological polar surface area (TPSA) is 90.8 Å². The van der Waals surface area contributed by atoms with Crippen LogP contribution in [0.3, 0.4) is 0 Å². The number of hydrogen-bond donors (Lipinski definition) is 2. The Balaban J connectivity index is 1.87. The number of hydrogen-bond acceptors (Lipinski definition) is 4. The Kier molecular flexibility index (Phi) is 3.08. The number of nitrogen functional groups attached to an aromatic ring is 1. The summed E-state index contributed by atoms with van der Waals surface area (Å²) in [5.74, 6) is 0.157. The zero-order chi connectivity index (χ0) is 12.3. The summed E-state index contributed by atoms with van der Waals surface area (Å²) in [7, 11) is 1.68. The van der Waals surface area contributed by atoms with Gasteiger partial charge in [0.2, 0.25) is 0 Å². The molecule has 0 unspecified atom stereocenters. The van der Waals surface area contributed by atoms with E-state index in [1.165, 1.54) is 4.68 Å². The van der Waals surface area contributed by atoms with Crippen molar-refractivity contribution in [3.8, 4) is 0 Å². The summed E-state index contributed by atoms with van der Waals surface area (Å²) in [6.07, 6.45) is 5.24. The van der Waals surface area contributed by atoms with E-state index in [1.54, 1.807) is 25.6 Å². The van der Waals surface area contributed by atoms with E-state index in [4.69, 9.17) is 5.73 Å². The monoisotopic (exact) mass is 234 g/mol. The molecule has 7 nitrogen and oxygen atoms in total. The van der Waals surface area contributed by atoms with Crippen LogP contribution < -0.4 is 11.1 Å². The quantitative estimate of drug-likeness (QED) is 0.755. The average Bonchev–Trinajstić information content (AvgIpc) is 2.88. The van der Waals surface area contributed by atoms with Gasteiger partial charge in [0.1, 0.15) is 11.5 Å². The Hall–Kier alpha value is -2.31. The summed E-state index contributed by atoms with van der Waals surface area (Å²) in [6, 6.07) is 1.55. The molecule has 1 amide bonds. The van der Waals surface area contributed by atoms with Crippen LogP contribution in [-0.2, 0) is 13.6 Å². The normalized spacial score (nSPS) is 10.4. The molecule has 3 N–H and O–H groups in total. The van der Waals surface area contributed by atoms with Crippen LogP contribution in [0.5, 0.6) is 0 Å². The largest absolute Gasteiger partial charge is 0.382 e. The van der Waals surface area contributed by atoms with Gasteiger partial charge in [0.15, 0.2) is 0 Å². The first-order valence-corrected chi connectivity index (χ1v) is 5.20. The number of amides is 1. The van der Waals surface area contributed by atoms with Gasteiger partial charge in [0, 0.05) is 38.6 Å². The van der Waals surface area contributed by atoms with Gasteiger partial charge in [-0.05, 0) is 0 Å². The van der Waals surface area contributed by atoms with Crippen molar-refractivity contribution in [2.45, 2.75) is 6.54 Å². The number of nitrogens with two attached hydrogens (primary N) is 1. The highest BCUT2D eigenvalue weighted by atomic mass is 16.2. The maximum absolute atomic E-state index is 11.8. The second-order valence-corrected chi connectivity index (χ2v) is 3.63. The molecule has 0 aliphatic carbocycles. The van der Waals surface area contributed by atoms with Crippen LogP contribution in [0.2, 0.25) is 0 Å². The molecule has 90 valence electrons. The lowest BCUT2D eigenvalue weighted by Crippen LogP contribution is -2.28. The number of aromatic nitrogens is 4. The number of carbonyl (C=O) groups excluding carboxylic acids is 1. The molecular formula is C10H14N6O. The third-order valence-corrected chi connectivity index (χ3v) is 2.35. The second kappa shape index (κ2) is 4.69. The van der Waals surface area contributed by atoms with Gasteiger partial charge in [0.05, 0.1) is 6.33 Å². The van der Waals surface area contributed by atoms with E-state index in [1.807, 2.05) is 10.8 Å². The van der Waals surface area contributed by atoms with Crippen molar-refractivity contribution in [1.29, 1.82) is 0 Å². The lowest BCUT2D eigenvalue weighted by atomic mass is 10.4. The van der Waals surface area contributed by atoms with Gasteiger partial charge in [-0.3, -0.25) is 9.48 Å². The molecule has 0 spiro atoms. The summed E-state index contributed by atoms with van der Waals surface area (Å²) in [6.45, 7) is 1.21. The zero-order valence-corrected chi connectivity index (χ0v) is 9.50. The van der Waals surface area contributed by atoms with E-state index in [-0.39, 0.29) is 5.91 Å². The molecule has 0 fully saturated rings. The van der Waals surface area contributed by atoms with Crippen LogP contribution in [0, 0.1) is 0 Å². The van der Waals surface area contributed by atoms with Crippen molar-refractivity contribution in [3.63, 3.8) is 0 Å². The van der Waals surface area contributed by atoms with E-state index >= 15 is 0 Å². The van der Waals surface area contributed by atoms with Crippen molar-refractivity contribution < 1.29 is 4.79 Å². The molecule has 0 atom stereocenters.